The summed E-state index contributed by atoms with van der Waals surface area (Å²) in [6, 6.07) is 12.2. The topological polar surface area (TPSA) is 62.1 Å². The van der Waals surface area contributed by atoms with Crippen molar-refractivity contribution >= 4 is 61.1 Å². The highest BCUT2D eigenvalue weighted by atomic mass is 79.9. The number of hydrogen-bond acceptors (Lipinski definition) is 3. The molecule has 2 aromatic carbocycles. The first-order valence-corrected chi connectivity index (χ1v) is 9.21. The molecule has 0 bridgehead atoms. The van der Waals surface area contributed by atoms with Gasteiger partial charge in [0.05, 0.1) is 11.1 Å². The predicted molar refractivity (Wildman–Crippen MR) is 107 cm³/mol. The maximum atomic E-state index is 12.4. The number of rotatable bonds is 5. The zero-order valence-corrected chi connectivity index (χ0v) is 17.1. The molecule has 0 heterocycles. The van der Waals surface area contributed by atoms with Crippen molar-refractivity contribution in [3.05, 3.63) is 61.5 Å². The lowest BCUT2D eigenvalue weighted by molar-refractivity contribution is -0.112. The van der Waals surface area contributed by atoms with Crippen LogP contribution in [0.4, 0.5) is 5.69 Å². The van der Waals surface area contributed by atoms with Crippen LogP contribution in [-0.4, -0.2) is 12.5 Å². The van der Waals surface area contributed by atoms with Gasteiger partial charge in [-0.05, 0) is 65.3 Å². The zero-order chi connectivity index (χ0) is 18.4. The maximum absolute atomic E-state index is 12.4. The minimum Gasteiger partial charge on any atom is -0.492 e. The van der Waals surface area contributed by atoms with Crippen molar-refractivity contribution in [3.63, 3.8) is 0 Å². The third kappa shape index (κ3) is 5.33. The summed E-state index contributed by atoms with van der Waals surface area (Å²) in [6.45, 7) is 2.32. The molecule has 1 N–H and O–H groups in total. The van der Waals surface area contributed by atoms with Gasteiger partial charge in [-0.3, -0.25) is 4.79 Å². The van der Waals surface area contributed by atoms with E-state index in [2.05, 4.69) is 37.2 Å². The van der Waals surface area contributed by atoms with E-state index in [1.54, 1.807) is 30.3 Å². The van der Waals surface area contributed by atoms with Crippen LogP contribution in [0.2, 0.25) is 5.02 Å². The summed E-state index contributed by atoms with van der Waals surface area (Å²) in [6.07, 6.45) is 1.49. The Balaban J connectivity index is 2.35. The van der Waals surface area contributed by atoms with Crippen LogP contribution in [0.25, 0.3) is 6.08 Å². The number of anilines is 1. The molecule has 2 aromatic rings. The van der Waals surface area contributed by atoms with Crippen molar-refractivity contribution in [2.24, 2.45) is 0 Å². The summed E-state index contributed by atoms with van der Waals surface area (Å²) in [4.78, 5) is 12.4. The van der Waals surface area contributed by atoms with Crippen molar-refractivity contribution in [3.8, 4) is 11.8 Å². The van der Waals surface area contributed by atoms with Gasteiger partial charge in [-0.25, -0.2) is 0 Å². The summed E-state index contributed by atoms with van der Waals surface area (Å²) in [7, 11) is 0. The predicted octanol–water partition coefficient (Wildman–Crippen LogP) is 5.81. The number of amides is 1. The molecule has 0 aliphatic heterocycles. The Hall–Kier alpha value is -1.81. The van der Waals surface area contributed by atoms with Crippen LogP contribution < -0.4 is 10.1 Å². The monoisotopic (exact) mass is 482 g/mol. The Morgan fingerprint density at radius 2 is 2.00 bits per heavy atom. The van der Waals surface area contributed by atoms with Gasteiger partial charge in [0.1, 0.15) is 17.4 Å². The second kappa shape index (κ2) is 9.04. The molecule has 0 aliphatic rings. The number of benzene rings is 2. The summed E-state index contributed by atoms with van der Waals surface area (Å²) >= 11 is 12.6. The van der Waals surface area contributed by atoms with Crippen molar-refractivity contribution in [2.45, 2.75) is 6.92 Å². The van der Waals surface area contributed by atoms with E-state index < -0.39 is 5.91 Å². The fraction of sp³-hybridized carbons (Fsp3) is 0.111. The van der Waals surface area contributed by atoms with Gasteiger partial charge in [0.15, 0.2) is 0 Å². The fourth-order valence-electron chi connectivity index (χ4n) is 2.02. The maximum Gasteiger partial charge on any atom is 0.266 e. The van der Waals surface area contributed by atoms with E-state index in [1.165, 1.54) is 6.08 Å². The van der Waals surface area contributed by atoms with Crippen LogP contribution in [0.3, 0.4) is 0 Å². The van der Waals surface area contributed by atoms with Crippen molar-refractivity contribution in [1.82, 2.24) is 0 Å². The lowest BCUT2D eigenvalue weighted by Crippen LogP contribution is -2.13. The van der Waals surface area contributed by atoms with Gasteiger partial charge in [0, 0.05) is 20.7 Å². The lowest BCUT2D eigenvalue weighted by Gasteiger charge is -2.11. The van der Waals surface area contributed by atoms with E-state index in [0.717, 1.165) is 8.95 Å². The summed E-state index contributed by atoms with van der Waals surface area (Å²) in [5, 5.41) is 12.6. The summed E-state index contributed by atoms with van der Waals surface area (Å²) in [5.41, 5.74) is 1.13. The Kier molecular flexibility index (Phi) is 7.06. The van der Waals surface area contributed by atoms with Crippen LogP contribution in [0.5, 0.6) is 5.75 Å². The third-order valence-electron chi connectivity index (χ3n) is 3.09. The molecule has 0 spiro atoms. The highest BCUT2D eigenvalue weighted by Crippen LogP contribution is 2.34. The summed E-state index contributed by atoms with van der Waals surface area (Å²) < 4.78 is 7.13. The highest BCUT2D eigenvalue weighted by Gasteiger charge is 2.14. The molecule has 25 heavy (non-hydrogen) atoms. The Bertz CT molecular complexity index is 859. The molecule has 4 nitrogen and oxygen atoms in total. The van der Waals surface area contributed by atoms with Gasteiger partial charge in [-0.2, -0.15) is 5.26 Å². The first-order chi connectivity index (χ1) is 11.9. The number of ether oxygens (including phenoxy) is 1. The first-order valence-electron chi connectivity index (χ1n) is 7.25. The number of carbonyl (C=O) groups is 1. The molecule has 0 fully saturated rings. The Morgan fingerprint density at radius 3 is 2.60 bits per heavy atom. The van der Waals surface area contributed by atoms with Gasteiger partial charge in [-0.15, -0.1) is 0 Å². The minimum absolute atomic E-state index is 0.0408. The molecule has 0 radical (unpaired) electrons. The number of hydrogen-bond donors (Lipinski definition) is 1. The molecule has 0 atom stereocenters. The normalized spacial score (nSPS) is 10.9. The lowest BCUT2D eigenvalue weighted by atomic mass is 10.1. The average molecular weight is 485 g/mol. The Labute approximate surface area is 167 Å². The Morgan fingerprint density at radius 1 is 1.32 bits per heavy atom. The van der Waals surface area contributed by atoms with Gasteiger partial charge in [-0.1, -0.05) is 27.5 Å². The van der Waals surface area contributed by atoms with E-state index in [1.807, 2.05) is 19.1 Å². The van der Waals surface area contributed by atoms with Crippen molar-refractivity contribution in [1.29, 1.82) is 5.26 Å². The molecule has 0 saturated heterocycles. The van der Waals surface area contributed by atoms with E-state index in [0.29, 0.717) is 28.6 Å². The molecule has 128 valence electrons. The molecule has 1 amide bonds. The van der Waals surface area contributed by atoms with E-state index >= 15 is 0 Å². The van der Waals surface area contributed by atoms with Crippen LogP contribution in [0, 0.1) is 11.3 Å². The van der Waals surface area contributed by atoms with Crippen molar-refractivity contribution < 1.29 is 9.53 Å². The molecule has 0 unspecified atom stereocenters. The van der Waals surface area contributed by atoms with Gasteiger partial charge < -0.3 is 10.1 Å². The van der Waals surface area contributed by atoms with Gasteiger partial charge >= 0.3 is 0 Å². The number of halogens is 3. The smallest absolute Gasteiger partial charge is 0.266 e. The van der Waals surface area contributed by atoms with E-state index in [4.69, 9.17) is 16.3 Å². The van der Waals surface area contributed by atoms with E-state index in [-0.39, 0.29) is 5.57 Å². The first kappa shape index (κ1) is 19.5. The molecule has 0 aliphatic carbocycles. The number of nitrogens with zero attached hydrogens (tertiary/aromatic N) is 1. The standard InChI is InChI=1S/C18H13Br2ClN2O2/c1-2-25-17-11(8-13(19)9-16(17)20)7-12(10-22)18(24)23-15-5-3-14(21)4-6-15/h3-9H,2H2,1H3,(H,23,24)/b12-7+. The second-order valence-electron chi connectivity index (χ2n) is 4.87. The molecule has 2 rings (SSSR count). The molecule has 0 saturated carbocycles. The van der Waals surface area contributed by atoms with Crippen LogP contribution in [0.1, 0.15) is 12.5 Å². The van der Waals surface area contributed by atoms with Crippen LogP contribution in [0.15, 0.2) is 50.9 Å². The van der Waals surface area contributed by atoms with Gasteiger partial charge in [0.2, 0.25) is 0 Å². The average Bonchev–Trinajstić information content (AvgIpc) is 2.57. The molecular formula is C18H13Br2ClN2O2. The third-order valence-corrected chi connectivity index (χ3v) is 4.39. The zero-order valence-electron chi connectivity index (χ0n) is 13.1. The number of nitrogens with one attached hydrogen (secondary N) is 1. The van der Waals surface area contributed by atoms with Crippen LogP contribution in [-0.2, 0) is 4.79 Å². The minimum atomic E-state index is -0.511. The number of nitriles is 1. The highest BCUT2D eigenvalue weighted by molar-refractivity contribution is 9.11. The summed E-state index contributed by atoms with van der Waals surface area (Å²) in [5.74, 6) is 0.0566. The van der Waals surface area contributed by atoms with E-state index in [9.17, 15) is 10.1 Å². The largest absolute Gasteiger partial charge is 0.492 e. The number of carbonyl (C=O) groups excluding carboxylic acids is 1. The molecule has 0 aromatic heterocycles. The van der Waals surface area contributed by atoms with Crippen LogP contribution >= 0.6 is 43.5 Å². The second-order valence-corrected chi connectivity index (χ2v) is 7.08. The molecule has 7 heteroatoms. The molecular weight excluding hydrogens is 471 g/mol. The van der Waals surface area contributed by atoms with Crippen molar-refractivity contribution in [2.75, 3.05) is 11.9 Å². The SMILES string of the molecule is CCOc1c(Br)cc(Br)cc1/C=C(\C#N)C(=O)Nc1ccc(Cl)cc1. The fourth-order valence-corrected chi connectivity index (χ4v) is 3.52. The quantitative estimate of drug-likeness (QED) is 0.430. The van der Waals surface area contributed by atoms with Gasteiger partial charge in [0.25, 0.3) is 5.91 Å².